The first kappa shape index (κ1) is 16.0. The first-order valence-corrected chi connectivity index (χ1v) is 7.30. The maximum Gasteiger partial charge on any atom is 0.119 e. The molecule has 1 aromatic carbocycles. The Hall–Kier alpha value is -1.06. The minimum Gasteiger partial charge on any atom is -0.494 e. The summed E-state index contributed by atoms with van der Waals surface area (Å²) in [5.74, 6) is 0.967. The van der Waals surface area contributed by atoms with E-state index in [4.69, 9.17) is 4.74 Å². The van der Waals surface area contributed by atoms with Crippen molar-refractivity contribution >= 4 is 0 Å². The smallest absolute Gasteiger partial charge is 0.119 e. The van der Waals surface area contributed by atoms with Crippen LogP contribution in [-0.2, 0) is 6.54 Å². The van der Waals surface area contributed by atoms with E-state index < -0.39 is 0 Å². The van der Waals surface area contributed by atoms with Gasteiger partial charge in [-0.15, -0.1) is 0 Å². The zero-order chi connectivity index (χ0) is 14.1. The second-order valence-corrected chi connectivity index (χ2v) is 5.34. The van der Waals surface area contributed by atoms with Gasteiger partial charge >= 0.3 is 0 Å². The van der Waals surface area contributed by atoms with E-state index in [2.05, 4.69) is 56.5 Å². The minimum absolute atomic E-state index is 0.461. The molecule has 1 atom stereocenters. The topological polar surface area (TPSA) is 33.3 Å². The Bertz CT molecular complexity index is 352. The van der Waals surface area contributed by atoms with E-state index in [1.807, 2.05) is 6.07 Å². The Morgan fingerprint density at radius 1 is 1.16 bits per heavy atom. The van der Waals surface area contributed by atoms with Crippen molar-refractivity contribution in [3.63, 3.8) is 0 Å². The molecule has 0 spiro atoms. The number of nitrogens with one attached hydrogen (secondary N) is 2. The number of hydrogen-bond donors (Lipinski definition) is 2. The number of benzene rings is 1. The molecule has 0 aliphatic heterocycles. The van der Waals surface area contributed by atoms with Crippen LogP contribution >= 0.6 is 0 Å². The van der Waals surface area contributed by atoms with Gasteiger partial charge < -0.3 is 15.4 Å². The summed E-state index contributed by atoms with van der Waals surface area (Å²) in [4.78, 5) is 0. The molecule has 0 bridgehead atoms. The maximum atomic E-state index is 5.64. The highest BCUT2D eigenvalue weighted by molar-refractivity contribution is 5.28. The third-order valence-corrected chi connectivity index (χ3v) is 2.86. The molecular weight excluding hydrogens is 236 g/mol. The molecule has 0 fully saturated rings. The molecule has 0 aliphatic rings. The molecule has 0 amide bonds. The van der Waals surface area contributed by atoms with Gasteiger partial charge in [0.15, 0.2) is 0 Å². The molecule has 2 N–H and O–H groups in total. The summed E-state index contributed by atoms with van der Waals surface area (Å²) in [6.45, 7) is 11.3. The van der Waals surface area contributed by atoms with Crippen molar-refractivity contribution in [1.29, 1.82) is 0 Å². The highest BCUT2D eigenvalue weighted by Crippen LogP contribution is 2.13. The van der Waals surface area contributed by atoms with Gasteiger partial charge in [-0.3, -0.25) is 0 Å². The van der Waals surface area contributed by atoms with Gasteiger partial charge in [-0.2, -0.15) is 0 Å². The van der Waals surface area contributed by atoms with E-state index in [1.165, 1.54) is 5.56 Å². The molecule has 0 radical (unpaired) electrons. The Labute approximate surface area is 117 Å². The van der Waals surface area contributed by atoms with Crippen molar-refractivity contribution in [1.82, 2.24) is 10.6 Å². The molecule has 0 saturated heterocycles. The highest BCUT2D eigenvalue weighted by atomic mass is 16.5. The second kappa shape index (κ2) is 8.94. The lowest BCUT2D eigenvalue weighted by molar-refractivity contribution is 0.317. The van der Waals surface area contributed by atoms with E-state index >= 15 is 0 Å². The average molecular weight is 264 g/mol. The molecule has 0 aromatic heterocycles. The summed E-state index contributed by atoms with van der Waals surface area (Å²) < 4.78 is 5.64. The van der Waals surface area contributed by atoms with Gasteiger partial charge in [0.25, 0.3) is 0 Å². The maximum absolute atomic E-state index is 5.64. The van der Waals surface area contributed by atoms with Crippen LogP contribution in [0.1, 0.15) is 39.7 Å². The first-order chi connectivity index (χ1) is 9.11. The molecule has 108 valence electrons. The van der Waals surface area contributed by atoms with Crippen LogP contribution in [0.3, 0.4) is 0 Å². The Morgan fingerprint density at radius 3 is 2.63 bits per heavy atom. The molecule has 3 heteroatoms. The van der Waals surface area contributed by atoms with Crippen LogP contribution in [0, 0.1) is 0 Å². The van der Waals surface area contributed by atoms with Crippen molar-refractivity contribution in [3.8, 4) is 5.75 Å². The third kappa shape index (κ3) is 7.19. The number of rotatable bonds is 9. The van der Waals surface area contributed by atoms with Gasteiger partial charge in [-0.05, 0) is 31.0 Å². The predicted molar refractivity (Wildman–Crippen MR) is 81.7 cm³/mol. The van der Waals surface area contributed by atoms with Crippen molar-refractivity contribution in [2.24, 2.45) is 0 Å². The molecule has 0 saturated carbocycles. The van der Waals surface area contributed by atoms with Crippen LogP contribution in [0.25, 0.3) is 0 Å². The summed E-state index contributed by atoms with van der Waals surface area (Å²) in [7, 11) is 0. The van der Waals surface area contributed by atoms with Gasteiger partial charge in [0.1, 0.15) is 5.75 Å². The molecule has 19 heavy (non-hydrogen) atoms. The van der Waals surface area contributed by atoms with Gasteiger partial charge in [0.2, 0.25) is 0 Å². The Morgan fingerprint density at radius 2 is 1.95 bits per heavy atom. The summed E-state index contributed by atoms with van der Waals surface area (Å²) in [6, 6.07) is 9.32. The molecule has 0 aliphatic carbocycles. The quantitative estimate of drug-likeness (QED) is 0.719. The highest BCUT2D eigenvalue weighted by Gasteiger charge is 2.03. The van der Waals surface area contributed by atoms with Gasteiger partial charge in [0, 0.05) is 25.2 Å². The van der Waals surface area contributed by atoms with Crippen LogP contribution < -0.4 is 15.4 Å². The van der Waals surface area contributed by atoms with E-state index in [0.717, 1.165) is 31.9 Å². The van der Waals surface area contributed by atoms with Crippen LogP contribution in [0.5, 0.6) is 5.75 Å². The zero-order valence-corrected chi connectivity index (χ0v) is 12.7. The molecule has 0 heterocycles. The van der Waals surface area contributed by atoms with Gasteiger partial charge in [-0.25, -0.2) is 0 Å². The number of ether oxygens (including phenoxy) is 1. The number of hydrogen-bond acceptors (Lipinski definition) is 3. The standard InChI is InChI=1S/C16H28N2O/c1-5-9-19-16-8-6-7-15(10-16)12-18-14(4)11-17-13(2)3/h6-8,10,13-14,17-18H,5,9,11-12H2,1-4H3. The van der Waals surface area contributed by atoms with Gasteiger partial charge in [0.05, 0.1) is 6.61 Å². The summed E-state index contributed by atoms with van der Waals surface area (Å²) >= 11 is 0. The van der Waals surface area contributed by atoms with Crippen molar-refractivity contribution in [2.45, 2.75) is 52.7 Å². The van der Waals surface area contributed by atoms with E-state index in [9.17, 15) is 0 Å². The SMILES string of the molecule is CCCOc1cccc(CNC(C)CNC(C)C)c1. The van der Waals surface area contributed by atoms with Crippen LogP contribution in [0.2, 0.25) is 0 Å². The fourth-order valence-corrected chi connectivity index (χ4v) is 1.74. The lowest BCUT2D eigenvalue weighted by Crippen LogP contribution is -2.38. The van der Waals surface area contributed by atoms with Crippen molar-refractivity contribution in [3.05, 3.63) is 29.8 Å². The van der Waals surface area contributed by atoms with E-state index in [0.29, 0.717) is 12.1 Å². The first-order valence-electron chi connectivity index (χ1n) is 7.30. The molecule has 1 aromatic rings. The normalized spacial score (nSPS) is 12.7. The van der Waals surface area contributed by atoms with Crippen LogP contribution in [0.4, 0.5) is 0 Å². The Kier molecular flexibility index (Phi) is 7.53. The summed E-state index contributed by atoms with van der Waals surface area (Å²) in [6.07, 6.45) is 1.04. The third-order valence-electron chi connectivity index (χ3n) is 2.86. The van der Waals surface area contributed by atoms with E-state index in [1.54, 1.807) is 0 Å². The lowest BCUT2D eigenvalue weighted by atomic mass is 10.2. The largest absolute Gasteiger partial charge is 0.494 e. The minimum atomic E-state index is 0.461. The molecular formula is C16H28N2O. The lowest BCUT2D eigenvalue weighted by Gasteiger charge is -2.17. The molecule has 1 rings (SSSR count). The van der Waals surface area contributed by atoms with Crippen LogP contribution in [0.15, 0.2) is 24.3 Å². The summed E-state index contributed by atoms with van der Waals surface area (Å²) in [5.41, 5.74) is 1.27. The van der Waals surface area contributed by atoms with Crippen LogP contribution in [-0.4, -0.2) is 25.2 Å². The summed E-state index contributed by atoms with van der Waals surface area (Å²) in [5, 5.41) is 6.95. The second-order valence-electron chi connectivity index (χ2n) is 5.34. The van der Waals surface area contributed by atoms with Crippen molar-refractivity contribution in [2.75, 3.05) is 13.2 Å². The Balaban J connectivity index is 2.35. The van der Waals surface area contributed by atoms with E-state index in [-0.39, 0.29) is 0 Å². The monoisotopic (exact) mass is 264 g/mol. The predicted octanol–water partition coefficient (Wildman–Crippen LogP) is 2.95. The molecule has 1 unspecified atom stereocenters. The van der Waals surface area contributed by atoms with Gasteiger partial charge in [-0.1, -0.05) is 32.9 Å². The fraction of sp³-hybridized carbons (Fsp3) is 0.625. The average Bonchev–Trinajstić information content (AvgIpc) is 2.41. The zero-order valence-electron chi connectivity index (χ0n) is 12.7. The fourth-order valence-electron chi connectivity index (χ4n) is 1.74. The molecule has 3 nitrogen and oxygen atoms in total. The van der Waals surface area contributed by atoms with Crippen molar-refractivity contribution < 1.29 is 4.74 Å².